The summed E-state index contributed by atoms with van der Waals surface area (Å²) in [5.74, 6) is 0.616. The molecule has 5 nitrogen and oxygen atoms in total. The lowest BCUT2D eigenvalue weighted by Crippen LogP contribution is -2.05. The number of fused-ring (bicyclic) bond motifs is 1. The zero-order valence-corrected chi connectivity index (χ0v) is 20.5. The molecular weight excluding hydrogens is 495 g/mol. The second-order valence-corrected chi connectivity index (χ2v) is 8.59. The van der Waals surface area contributed by atoms with Crippen LogP contribution < -0.4 is 9.47 Å². The van der Waals surface area contributed by atoms with E-state index >= 15 is 0 Å². The number of benzene rings is 3. The van der Waals surface area contributed by atoms with Gasteiger partial charge in [0, 0.05) is 16.5 Å². The summed E-state index contributed by atoms with van der Waals surface area (Å²) in [6, 6.07) is 15.0. The fraction of sp³-hybridized carbons (Fsp3) is 0.222. The minimum Gasteiger partial charge on any atom is -0.491 e. The molecule has 0 atom stereocenters. The van der Waals surface area contributed by atoms with Gasteiger partial charge in [-0.15, -0.1) is 0 Å². The Morgan fingerprint density at radius 3 is 2.19 bits per heavy atom. The van der Waals surface area contributed by atoms with Crippen LogP contribution in [0.1, 0.15) is 36.8 Å². The highest BCUT2D eigenvalue weighted by Gasteiger charge is 2.30. The van der Waals surface area contributed by atoms with E-state index < -0.39 is 17.7 Å². The monoisotopic (exact) mass is 517 g/mol. The molecule has 0 aliphatic carbocycles. The van der Waals surface area contributed by atoms with Crippen molar-refractivity contribution in [2.24, 2.45) is 0 Å². The van der Waals surface area contributed by atoms with Crippen molar-refractivity contribution >= 4 is 28.5 Å². The minimum absolute atomic E-state index is 0.0101. The van der Waals surface area contributed by atoms with Crippen molar-refractivity contribution in [3.8, 4) is 28.4 Å². The summed E-state index contributed by atoms with van der Waals surface area (Å²) in [4.78, 5) is 15.4. The van der Waals surface area contributed by atoms with Gasteiger partial charge >= 0.3 is 12.1 Å². The van der Waals surface area contributed by atoms with Crippen LogP contribution in [0, 0.1) is 0 Å². The summed E-state index contributed by atoms with van der Waals surface area (Å²) in [6.07, 6.45) is -4.46. The van der Waals surface area contributed by atoms with E-state index in [0.717, 1.165) is 12.1 Å². The third-order valence-electron chi connectivity index (χ3n) is 5.27. The molecule has 4 aromatic rings. The van der Waals surface area contributed by atoms with Gasteiger partial charge in [-0.2, -0.15) is 13.2 Å². The van der Waals surface area contributed by atoms with Crippen LogP contribution in [-0.4, -0.2) is 23.7 Å². The molecule has 0 amide bonds. The van der Waals surface area contributed by atoms with Gasteiger partial charge in [-0.05, 0) is 74.9 Å². The third-order valence-corrected chi connectivity index (χ3v) is 5.65. The molecule has 0 aliphatic heterocycles. The van der Waals surface area contributed by atoms with Crippen molar-refractivity contribution in [3.63, 3.8) is 0 Å². The van der Waals surface area contributed by atoms with Crippen LogP contribution in [0.2, 0.25) is 5.02 Å². The molecule has 0 bridgehead atoms. The van der Waals surface area contributed by atoms with Crippen LogP contribution in [0.25, 0.3) is 22.0 Å². The van der Waals surface area contributed by atoms with Crippen molar-refractivity contribution in [1.82, 2.24) is 4.98 Å². The second kappa shape index (κ2) is 10.1. The Morgan fingerprint density at radius 1 is 0.972 bits per heavy atom. The molecule has 0 radical (unpaired) electrons. The van der Waals surface area contributed by atoms with Gasteiger partial charge < -0.3 is 19.2 Å². The van der Waals surface area contributed by atoms with E-state index in [1.165, 1.54) is 12.1 Å². The van der Waals surface area contributed by atoms with Crippen LogP contribution >= 0.6 is 11.6 Å². The number of esters is 1. The number of carbonyl (C=O) groups excluding carboxylic acids is 1. The molecule has 4 rings (SSSR count). The van der Waals surface area contributed by atoms with Crippen LogP contribution in [-0.2, 0) is 10.9 Å². The molecule has 188 valence electrons. The maximum Gasteiger partial charge on any atom is 0.416 e. The maximum absolute atomic E-state index is 13.0. The van der Waals surface area contributed by atoms with E-state index in [2.05, 4.69) is 4.98 Å². The standard InChI is InChI=1S/C27H23ClF3NO4/c1-4-34-26(33)25-24(28)23-20(32-25)13-14-21(36-19-11-7-17(8-12-19)27(29,30)31)22(23)16-5-9-18(10-6-16)35-15(2)3/h5-15,32H,4H2,1-3H3. The number of nitrogens with one attached hydrogen (secondary N) is 1. The zero-order valence-electron chi connectivity index (χ0n) is 19.7. The molecule has 9 heteroatoms. The highest BCUT2D eigenvalue weighted by Crippen LogP contribution is 2.44. The lowest BCUT2D eigenvalue weighted by Gasteiger charge is -2.15. The van der Waals surface area contributed by atoms with Crippen molar-refractivity contribution < 1.29 is 32.2 Å². The Morgan fingerprint density at radius 2 is 1.61 bits per heavy atom. The number of rotatable bonds is 7. The SMILES string of the molecule is CCOC(=O)c1[nH]c2ccc(Oc3ccc(C(F)(F)F)cc3)c(-c3ccc(OC(C)C)cc3)c2c1Cl. The first-order chi connectivity index (χ1) is 17.1. The molecule has 36 heavy (non-hydrogen) atoms. The fourth-order valence-corrected chi connectivity index (χ4v) is 4.08. The van der Waals surface area contributed by atoms with Gasteiger partial charge in [0.2, 0.25) is 0 Å². The predicted octanol–water partition coefficient (Wildman–Crippen LogP) is 8.26. The Balaban J connectivity index is 1.84. The van der Waals surface area contributed by atoms with Gasteiger partial charge in [-0.1, -0.05) is 23.7 Å². The molecule has 1 heterocycles. The maximum atomic E-state index is 13.0. The van der Waals surface area contributed by atoms with E-state index in [1.54, 1.807) is 31.2 Å². The average molecular weight is 518 g/mol. The smallest absolute Gasteiger partial charge is 0.416 e. The van der Waals surface area contributed by atoms with Gasteiger partial charge in [-0.3, -0.25) is 0 Å². The second-order valence-electron chi connectivity index (χ2n) is 8.21. The predicted molar refractivity (Wildman–Crippen MR) is 132 cm³/mol. The number of ether oxygens (including phenoxy) is 3. The van der Waals surface area contributed by atoms with Gasteiger partial charge in [0.05, 0.1) is 23.3 Å². The number of hydrogen-bond donors (Lipinski definition) is 1. The van der Waals surface area contributed by atoms with E-state index in [0.29, 0.717) is 33.5 Å². The average Bonchev–Trinajstić information content (AvgIpc) is 3.16. The lowest BCUT2D eigenvalue weighted by molar-refractivity contribution is -0.137. The quantitative estimate of drug-likeness (QED) is 0.251. The molecule has 3 aromatic carbocycles. The van der Waals surface area contributed by atoms with E-state index in [1.807, 2.05) is 26.0 Å². The number of alkyl halides is 3. The first kappa shape index (κ1) is 25.4. The third kappa shape index (κ3) is 5.28. The number of aromatic nitrogens is 1. The van der Waals surface area contributed by atoms with E-state index in [4.69, 9.17) is 25.8 Å². The summed E-state index contributed by atoms with van der Waals surface area (Å²) in [6.45, 7) is 5.70. The lowest BCUT2D eigenvalue weighted by atomic mass is 10.00. The molecule has 0 saturated carbocycles. The first-order valence-electron chi connectivity index (χ1n) is 11.2. The summed E-state index contributed by atoms with van der Waals surface area (Å²) in [5, 5.41) is 0.667. The Hall–Kier alpha value is -3.65. The Bertz CT molecular complexity index is 1380. The largest absolute Gasteiger partial charge is 0.491 e. The molecule has 0 saturated heterocycles. The number of aromatic amines is 1. The molecule has 1 N–H and O–H groups in total. The molecular formula is C27H23ClF3NO4. The normalized spacial score (nSPS) is 11.7. The number of halogens is 4. The van der Waals surface area contributed by atoms with E-state index in [9.17, 15) is 18.0 Å². The molecule has 1 aromatic heterocycles. The van der Waals surface area contributed by atoms with Crippen molar-refractivity contribution in [3.05, 3.63) is 76.9 Å². The summed E-state index contributed by atoms with van der Waals surface area (Å²) >= 11 is 6.65. The van der Waals surface area contributed by atoms with Crippen LogP contribution in [0.4, 0.5) is 13.2 Å². The molecule has 0 fully saturated rings. The Kier molecular flexibility index (Phi) is 7.17. The van der Waals surface area contributed by atoms with Crippen LogP contribution in [0.15, 0.2) is 60.7 Å². The highest BCUT2D eigenvalue weighted by atomic mass is 35.5. The van der Waals surface area contributed by atoms with Crippen molar-refractivity contribution in [1.29, 1.82) is 0 Å². The number of carbonyl (C=O) groups is 1. The van der Waals surface area contributed by atoms with Crippen molar-refractivity contribution in [2.45, 2.75) is 33.1 Å². The zero-order chi connectivity index (χ0) is 26.0. The molecule has 0 spiro atoms. The van der Waals surface area contributed by atoms with Gasteiger partial charge in [0.15, 0.2) is 0 Å². The molecule has 0 unspecified atom stereocenters. The van der Waals surface area contributed by atoms with Gasteiger partial charge in [0.1, 0.15) is 22.9 Å². The summed E-state index contributed by atoms with van der Waals surface area (Å²) in [7, 11) is 0. The molecule has 0 aliphatic rings. The van der Waals surface area contributed by atoms with Gasteiger partial charge in [0.25, 0.3) is 0 Å². The number of hydrogen-bond acceptors (Lipinski definition) is 4. The summed E-state index contributed by atoms with van der Waals surface area (Å²) < 4.78 is 55.8. The fourth-order valence-electron chi connectivity index (χ4n) is 3.76. The highest BCUT2D eigenvalue weighted by molar-refractivity contribution is 6.39. The first-order valence-corrected chi connectivity index (χ1v) is 11.6. The van der Waals surface area contributed by atoms with E-state index in [-0.39, 0.29) is 29.2 Å². The van der Waals surface area contributed by atoms with Crippen LogP contribution in [0.3, 0.4) is 0 Å². The number of H-pyrrole nitrogens is 1. The Labute approximate surface area is 210 Å². The van der Waals surface area contributed by atoms with Gasteiger partial charge in [-0.25, -0.2) is 4.79 Å². The minimum atomic E-state index is -4.45. The topological polar surface area (TPSA) is 60.6 Å². The summed E-state index contributed by atoms with van der Waals surface area (Å²) in [5.41, 5.74) is 1.15. The van der Waals surface area contributed by atoms with Crippen LogP contribution in [0.5, 0.6) is 17.2 Å². The van der Waals surface area contributed by atoms with Crippen molar-refractivity contribution in [2.75, 3.05) is 6.61 Å².